The van der Waals surface area contributed by atoms with Crippen LogP contribution in [0.1, 0.15) is 17.5 Å². The van der Waals surface area contributed by atoms with Gasteiger partial charge in [0.15, 0.2) is 11.5 Å². The Hall–Kier alpha value is -3.10. The van der Waals surface area contributed by atoms with Gasteiger partial charge in [-0.2, -0.15) is 5.10 Å². The van der Waals surface area contributed by atoms with Gasteiger partial charge >= 0.3 is 0 Å². The highest BCUT2D eigenvalue weighted by molar-refractivity contribution is 5.84. The molecule has 2 aromatic carbocycles. The van der Waals surface area contributed by atoms with Gasteiger partial charge in [-0.1, -0.05) is 30.3 Å². The minimum atomic E-state index is -0.111. The Bertz CT molecular complexity index is 871. The van der Waals surface area contributed by atoms with Gasteiger partial charge in [0.05, 0.1) is 27.5 Å². The number of hydrogen-bond donors (Lipinski definition) is 1. The van der Waals surface area contributed by atoms with Crippen molar-refractivity contribution in [3.05, 3.63) is 53.6 Å². The highest BCUT2D eigenvalue weighted by atomic mass is 16.5. The quantitative estimate of drug-likeness (QED) is 0.452. The molecule has 0 bridgehead atoms. The summed E-state index contributed by atoms with van der Waals surface area (Å²) in [5, 5.41) is 4.07. The number of piperazine rings is 1. The molecule has 172 valence electrons. The van der Waals surface area contributed by atoms with Crippen LogP contribution >= 0.6 is 0 Å². The van der Waals surface area contributed by atoms with E-state index in [4.69, 9.17) is 14.2 Å². The number of nitrogens with zero attached hydrogens (tertiary/aromatic N) is 3. The SMILES string of the molecule is COc1cc(/C=N/NC(=O)CCN2CCN(Cc3ccccc3)CC2)cc(OC)c1OC. The van der Waals surface area contributed by atoms with Crippen molar-refractivity contribution in [3.63, 3.8) is 0 Å². The van der Waals surface area contributed by atoms with E-state index in [9.17, 15) is 4.79 Å². The molecule has 1 aliphatic rings. The smallest absolute Gasteiger partial charge is 0.241 e. The second kappa shape index (κ2) is 12.1. The summed E-state index contributed by atoms with van der Waals surface area (Å²) in [6.45, 7) is 5.66. The summed E-state index contributed by atoms with van der Waals surface area (Å²) in [6.07, 6.45) is 1.97. The molecule has 1 aliphatic heterocycles. The number of hydrazone groups is 1. The van der Waals surface area contributed by atoms with Crippen LogP contribution < -0.4 is 19.6 Å². The zero-order chi connectivity index (χ0) is 22.8. The molecule has 1 fully saturated rings. The molecule has 8 nitrogen and oxygen atoms in total. The third kappa shape index (κ3) is 6.70. The summed E-state index contributed by atoms with van der Waals surface area (Å²) in [5.74, 6) is 1.47. The molecule has 8 heteroatoms. The van der Waals surface area contributed by atoms with Gasteiger partial charge in [-0.05, 0) is 17.7 Å². The van der Waals surface area contributed by atoms with Gasteiger partial charge in [0.2, 0.25) is 11.7 Å². The third-order valence-corrected chi connectivity index (χ3v) is 5.46. The lowest BCUT2D eigenvalue weighted by molar-refractivity contribution is -0.121. The van der Waals surface area contributed by atoms with Crippen LogP contribution in [0.25, 0.3) is 0 Å². The topological polar surface area (TPSA) is 75.6 Å². The van der Waals surface area contributed by atoms with Gasteiger partial charge in [0.25, 0.3) is 0 Å². The predicted octanol–water partition coefficient (Wildman–Crippen LogP) is 2.37. The van der Waals surface area contributed by atoms with E-state index in [2.05, 4.69) is 44.6 Å². The summed E-state index contributed by atoms with van der Waals surface area (Å²) in [4.78, 5) is 17.0. The van der Waals surface area contributed by atoms with Crippen molar-refractivity contribution >= 4 is 12.1 Å². The number of nitrogens with one attached hydrogen (secondary N) is 1. The first kappa shape index (κ1) is 23.6. The first-order valence-electron chi connectivity index (χ1n) is 10.7. The van der Waals surface area contributed by atoms with Gasteiger partial charge in [0.1, 0.15) is 0 Å². The van der Waals surface area contributed by atoms with Crippen LogP contribution in [0.3, 0.4) is 0 Å². The number of carbonyl (C=O) groups is 1. The van der Waals surface area contributed by atoms with Crippen molar-refractivity contribution in [2.24, 2.45) is 5.10 Å². The van der Waals surface area contributed by atoms with Crippen molar-refractivity contribution < 1.29 is 19.0 Å². The Morgan fingerprint density at radius 3 is 2.19 bits per heavy atom. The minimum absolute atomic E-state index is 0.111. The van der Waals surface area contributed by atoms with E-state index >= 15 is 0 Å². The van der Waals surface area contributed by atoms with Crippen LogP contribution in [0.4, 0.5) is 0 Å². The lowest BCUT2D eigenvalue weighted by atomic mass is 10.2. The third-order valence-electron chi connectivity index (χ3n) is 5.46. The lowest BCUT2D eigenvalue weighted by Gasteiger charge is -2.34. The molecular formula is C24H32N4O4. The summed E-state index contributed by atoms with van der Waals surface area (Å²) in [5.41, 5.74) is 4.67. The maximum atomic E-state index is 12.2. The van der Waals surface area contributed by atoms with Gasteiger partial charge < -0.3 is 19.1 Å². The fourth-order valence-corrected chi connectivity index (χ4v) is 3.68. The Morgan fingerprint density at radius 2 is 1.59 bits per heavy atom. The number of carbonyl (C=O) groups excluding carboxylic acids is 1. The van der Waals surface area contributed by atoms with Gasteiger partial charge in [-0.25, -0.2) is 5.43 Å². The second-order valence-electron chi connectivity index (χ2n) is 7.61. The van der Waals surface area contributed by atoms with Crippen molar-refractivity contribution in [2.75, 3.05) is 54.1 Å². The highest BCUT2D eigenvalue weighted by Crippen LogP contribution is 2.37. The summed E-state index contributed by atoms with van der Waals surface area (Å²) in [7, 11) is 4.67. The highest BCUT2D eigenvalue weighted by Gasteiger charge is 2.17. The van der Waals surface area contributed by atoms with Gasteiger partial charge in [-0.3, -0.25) is 9.69 Å². The number of methoxy groups -OCH3 is 3. The summed E-state index contributed by atoms with van der Waals surface area (Å²) >= 11 is 0. The number of hydrogen-bond acceptors (Lipinski definition) is 7. The van der Waals surface area contributed by atoms with E-state index in [1.165, 1.54) is 5.56 Å². The maximum Gasteiger partial charge on any atom is 0.241 e. The minimum Gasteiger partial charge on any atom is -0.493 e. The van der Waals surface area contributed by atoms with Crippen LogP contribution in [0.15, 0.2) is 47.6 Å². The molecule has 2 aromatic rings. The molecular weight excluding hydrogens is 408 g/mol. The molecule has 0 atom stereocenters. The molecule has 0 radical (unpaired) electrons. The van der Waals surface area contributed by atoms with Crippen molar-refractivity contribution in [1.29, 1.82) is 0 Å². The first-order chi connectivity index (χ1) is 15.6. The van der Waals surface area contributed by atoms with Crippen molar-refractivity contribution in [1.82, 2.24) is 15.2 Å². The summed E-state index contributed by atoms with van der Waals surface area (Å²) < 4.78 is 16.0. The Labute approximate surface area is 189 Å². The van der Waals surface area contributed by atoms with Crippen LogP contribution in [0.2, 0.25) is 0 Å². The molecule has 32 heavy (non-hydrogen) atoms. The molecule has 1 heterocycles. The van der Waals surface area contributed by atoms with Crippen LogP contribution in [-0.4, -0.2) is 76.0 Å². The van der Waals surface area contributed by atoms with E-state index in [-0.39, 0.29) is 5.91 Å². The zero-order valence-electron chi connectivity index (χ0n) is 19.0. The average molecular weight is 441 g/mol. The molecule has 0 aromatic heterocycles. The Morgan fingerprint density at radius 1 is 0.969 bits per heavy atom. The van der Waals surface area contributed by atoms with Crippen LogP contribution in [-0.2, 0) is 11.3 Å². The largest absolute Gasteiger partial charge is 0.493 e. The molecule has 3 rings (SSSR count). The molecule has 0 spiro atoms. The second-order valence-corrected chi connectivity index (χ2v) is 7.61. The number of rotatable bonds is 10. The number of amides is 1. The van der Waals surface area contributed by atoms with Crippen LogP contribution in [0.5, 0.6) is 17.2 Å². The molecule has 1 amide bonds. The predicted molar refractivity (Wildman–Crippen MR) is 125 cm³/mol. The van der Waals surface area contributed by atoms with E-state index in [0.717, 1.165) is 44.8 Å². The number of ether oxygens (including phenoxy) is 3. The van der Waals surface area contributed by atoms with E-state index in [1.54, 1.807) is 39.7 Å². The Kier molecular flexibility index (Phi) is 8.89. The Balaban J connectivity index is 1.41. The molecule has 0 aliphatic carbocycles. The van der Waals surface area contributed by atoms with E-state index in [0.29, 0.717) is 23.7 Å². The monoisotopic (exact) mass is 440 g/mol. The molecule has 0 saturated carbocycles. The molecule has 1 saturated heterocycles. The average Bonchev–Trinajstić information content (AvgIpc) is 2.83. The maximum absolute atomic E-state index is 12.2. The lowest BCUT2D eigenvalue weighted by Crippen LogP contribution is -2.46. The zero-order valence-corrected chi connectivity index (χ0v) is 19.0. The van der Waals surface area contributed by atoms with Gasteiger partial charge in [0, 0.05) is 51.3 Å². The van der Waals surface area contributed by atoms with Crippen molar-refractivity contribution in [2.45, 2.75) is 13.0 Å². The fourth-order valence-electron chi connectivity index (χ4n) is 3.68. The first-order valence-corrected chi connectivity index (χ1v) is 10.7. The van der Waals surface area contributed by atoms with E-state index in [1.807, 2.05) is 6.07 Å². The molecule has 1 N–H and O–H groups in total. The molecule has 0 unspecified atom stereocenters. The van der Waals surface area contributed by atoms with Gasteiger partial charge in [-0.15, -0.1) is 0 Å². The summed E-state index contributed by atoms with van der Waals surface area (Å²) in [6, 6.07) is 14.1. The van der Waals surface area contributed by atoms with Crippen molar-refractivity contribution in [3.8, 4) is 17.2 Å². The number of benzene rings is 2. The normalized spacial score (nSPS) is 15.0. The fraction of sp³-hybridized carbons (Fsp3) is 0.417. The van der Waals surface area contributed by atoms with Crippen LogP contribution in [0, 0.1) is 0 Å². The standard InChI is InChI=1S/C24H32N4O4/c1-30-21-15-20(16-22(31-2)24(21)32-3)17-25-26-23(29)9-10-27-11-13-28(14-12-27)18-19-7-5-4-6-8-19/h4-8,15-17H,9-14,18H2,1-3H3,(H,26,29)/b25-17+. The van der Waals surface area contributed by atoms with E-state index < -0.39 is 0 Å².